The summed E-state index contributed by atoms with van der Waals surface area (Å²) in [5, 5.41) is 0. The Hall–Kier alpha value is -0.260. The van der Waals surface area contributed by atoms with E-state index in [2.05, 4.69) is 13.5 Å². The van der Waals surface area contributed by atoms with E-state index in [0.29, 0.717) is 6.42 Å². The Morgan fingerprint density at radius 1 is 1.18 bits per heavy atom. The van der Waals surface area contributed by atoms with Crippen molar-refractivity contribution in [2.45, 2.75) is 58.2 Å². The fourth-order valence-electron chi connectivity index (χ4n) is 0.988. The first-order valence-electron chi connectivity index (χ1n) is 5.81. The molecule has 0 fully saturated rings. The van der Waals surface area contributed by atoms with Crippen LogP contribution in [0.5, 0.6) is 0 Å². The van der Waals surface area contributed by atoms with Gasteiger partial charge in [-0.25, -0.2) is 0 Å². The Kier molecular flexibility index (Phi) is 6.55. The third-order valence-electron chi connectivity index (χ3n) is 1.68. The summed E-state index contributed by atoms with van der Waals surface area (Å²) in [6.07, 6.45) is 7.60. The van der Waals surface area contributed by atoms with Crippen LogP contribution in [-0.4, -0.2) is 0 Å². The van der Waals surface area contributed by atoms with Gasteiger partial charge in [-0.2, -0.15) is 0 Å². The molecule has 0 nitrogen and oxygen atoms in total. The standard InChI is InChI=1S/C11H22/c1-3-5-7-9-11-10-8-6-4-2/h3H,1,4-11H2,2H3/i7D,11D. The highest BCUT2D eigenvalue weighted by molar-refractivity contribution is 4.65. The maximum Gasteiger partial charge on any atom is 0.0270 e. The Bertz CT molecular complexity index is 123. The molecule has 0 heterocycles. The number of hydrogen-bond donors (Lipinski definition) is 0. The summed E-state index contributed by atoms with van der Waals surface area (Å²) in [4.78, 5) is 0. The van der Waals surface area contributed by atoms with E-state index in [1.807, 2.05) is 0 Å². The maximum atomic E-state index is 7.70. The predicted molar refractivity (Wildman–Crippen MR) is 52.8 cm³/mol. The Labute approximate surface area is 74.5 Å². The van der Waals surface area contributed by atoms with E-state index >= 15 is 0 Å². The molecule has 0 aromatic heterocycles. The second kappa shape index (κ2) is 9.74. The zero-order valence-corrected chi connectivity index (χ0v) is 7.68. The predicted octanol–water partition coefficient (Wildman–Crippen LogP) is 4.31. The molecule has 0 aliphatic heterocycles. The monoisotopic (exact) mass is 156 g/mol. The second-order valence-electron chi connectivity index (χ2n) is 2.83. The number of hydrogen-bond acceptors (Lipinski definition) is 0. The van der Waals surface area contributed by atoms with E-state index in [1.54, 1.807) is 6.08 Å². The molecule has 0 amide bonds. The zero-order chi connectivity index (χ0) is 10.1. The molecular weight excluding hydrogens is 132 g/mol. The molecule has 0 rings (SSSR count). The lowest BCUT2D eigenvalue weighted by atomic mass is 10.1. The highest BCUT2D eigenvalue weighted by Crippen LogP contribution is 2.07. The van der Waals surface area contributed by atoms with E-state index in [9.17, 15) is 0 Å². The first-order valence-corrected chi connectivity index (χ1v) is 4.66. The molecule has 0 saturated heterocycles. The molecule has 0 N–H and O–H groups in total. The molecule has 0 aromatic rings. The summed E-state index contributed by atoms with van der Waals surface area (Å²) in [6.45, 7) is 5.77. The van der Waals surface area contributed by atoms with Crippen LogP contribution < -0.4 is 0 Å². The number of rotatable bonds is 8. The molecule has 11 heavy (non-hydrogen) atoms. The zero-order valence-electron chi connectivity index (χ0n) is 9.68. The summed E-state index contributed by atoms with van der Waals surface area (Å²) in [5.41, 5.74) is 0. The van der Waals surface area contributed by atoms with E-state index in [-0.39, 0.29) is 12.8 Å². The van der Waals surface area contributed by atoms with E-state index in [1.165, 1.54) is 12.8 Å². The normalized spacial score (nSPS) is 18.3. The van der Waals surface area contributed by atoms with Crippen LogP contribution in [0.2, 0.25) is 0 Å². The van der Waals surface area contributed by atoms with Gasteiger partial charge in [0.05, 0.1) is 0 Å². The Morgan fingerprint density at radius 3 is 2.64 bits per heavy atom. The lowest BCUT2D eigenvalue weighted by Gasteiger charge is -1.98. The minimum Gasteiger partial charge on any atom is -0.103 e. The average Bonchev–Trinajstić information content (AvgIpc) is 2.05. The van der Waals surface area contributed by atoms with Crippen molar-refractivity contribution in [3.05, 3.63) is 12.7 Å². The molecular formula is C11H22. The van der Waals surface area contributed by atoms with Gasteiger partial charge in [0, 0.05) is 2.74 Å². The van der Waals surface area contributed by atoms with Gasteiger partial charge in [0.15, 0.2) is 0 Å². The van der Waals surface area contributed by atoms with Crippen LogP contribution >= 0.6 is 0 Å². The number of unbranched alkanes of at least 4 members (excludes halogenated alkanes) is 2. The lowest BCUT2D eigenvalue weighted by molar-refractivity contribution is 0.592. The minimum absolute atomic E-state index is 0.0333. The summed E-state index contributed by atoms with van der Waals surface area (Å²) in [6, 6.07) is 0. The molecule has 2 unspecified atom stereocenters. The van der Waals surface area contributed by atoms with Crippen LogP contribution in [-0.2, 0) is 0 Å². The molecule has 2 atom stereocenters. The van der Waals surface area contributed by atoms with Gasteiger partial charge in [-0.3, -0.25) is 0 Å². The molecule has 0 saturated carbocycles. The molecule has 0 aliphatic carbocycles. The van der Waals surface area contributed by atoms with Gasteiger partial charge >= 0.3 is 0 Å². The summed E-state index contributed by atoms with van der Waals surface area (Å²) < 4.78 is 15.3. The second-order valence-corrected chi connectivity index (χ2v) is 2.83. The largest absolute Gasteiger partial charge is 0.103 e. The van der Waals surface area contributed by atoms with Crippen LogP contribution in [0.1, 0.15) is 61.0 Å². The fourth-order valence-corrected chi connectivity index (χ4v) is 0.988. The van der Waals surface area contributed by atoms with Crippen molar-refractivity contribution < 1.29 is 2.74 Å². The van der Waals surface area contributed by atoms with Crippen LogP contribution in [0.3, 0.4) is 0 Å². The van der Waals surface area contributed by atoms with Crippen molar-refractivity contribution in [2.75, 3.05) is 0 Å². The summed E-state index contributed by atoms with van der Waals surface area (Å²) >= 11 is 0. The lowest BCUT2D eigenvalue weighted by Crippen LogP contribution is -1.78. The van der Waals surface area contributed by atoms with Crippen LogP contribution in [0.25, 0.3) is 0 Å². The van der Waals surface area contributed by atoms with Gasteiger partial charge in [-0.1, -0.05) is 51.5 Å². The highest BCUT2D eigenvalue weighted by Gasteiger charge is 1.88. The molecule has 0 bridgehead atoms. The van der Waals surface area contributed by atoms with Gasteiger partial charge in [0.1, 0.15) is 0 Å². The van der Waals surface area contributed by atoms with Crippen molar-refractivity contribution in [2.24, 2.45) is 0 Å². The molecule has 66 valence electrons. The van der Waals surface area contributed by atoms with Gasteiger partial charge in [0.2, 0.25) is 0 Å². The van der Waals surface area contributed by atoms with Crippen LogP contribution in [0.15, 0.2) is 12.7 Å². The SMILES string of the molecule is [2H]C(CC=C)CC([2H])CCCCC. The van der Waals surface area contributed by atoms with Crippen molar-refractivity contribution in [1.29, 1.82) is 0 Å². The van der Waals surface area contributed by atoms with Gasteiger partial charge in [-0.05, 0) is 12.8 Å². The summed E-state index contributed by atoms with van der Waals surface area (Å²) in [5.74, 6) is 0. The van der Waals surface area contributed by atoms with E-state index in [0.717, 1.165) is 19.3 Å². The first kappa shape index (κ1) is 7.39. The molecule has 0 aromatic carbocycles. The van der Waals surface area contributed by atoms with E-state index in [4.69, 9.17) is 2.74 Å². The molecule has 0 spiro atoms. The van der Waals surface area contributed by atoms with Crippen molar-refractivity contribution in [3.8, 4) is 0 Å². The fraction of sp³-hybridized carbons (Fsp3) is 0.818. The average molecular weight is 156 g/mol. The number of allylic oxidation sites excluding steroid dienone is 1. The van der Waals surface area contributed by atoms with Crippen molar-refractivity contribution >= 4 is 0 Å². The smallest absolute Gasteiger partial charge is 0.0270 e. The van der Waals surface area contributed by atoms with Gasteiger partial charge < -0.3 is 0 Å². The third-order valence-corrected chi connectivity index (χ3v) is 1.68. The quantitative estimate of drug-likeness (QED) is 0.363. The Morgan fingerprint density at radius 2 is 2.00 bits per heavy atom. The third kappa shape index (κ3) is 9.74. The topological polar surface area (TPSA) is 0 Å². The minimum atomic E-state index is -0.110. The maximum absolute atomic E-state index is 7.70. The highest BCUT2D eigenvalue weighted by atomic mass is 13.9. The van der Waals surface area contributed by atoms with E-state index < -0.39 is 0 Å². The van der Waals surface area contributed by atoms with Crippen LogP contribution in [0, 0.1) is 0 Å². The van der Waals surface area contributed by atoms with Gasteiger partial charge in [-0.15, -0.1) is 6.58 Å². The van der Waals surface area contributed by atoms with Crippen LogP contribution in [0.4, 0.5) is 0 Å². The Balaban J connectivity index is 3.37. The van der Waals surface area contributed by atoms with Crippen molar-refractivity contribution in [3.63, 3.8) is 0 Å². The van der Waals surface area contributed by atoms with Gasteiger partial charge in [0.25, 0.3) is 0 Å². The van der Waals surface area contributed by atoms with Crippen molar-refractivity contribution in [1.82, 2.24) is 0 Å². The first-order chi connectivity index (χ1) is 6.20. The molecule has 0 aliphatic rings. The summed E-state index contributed by atoms with van der Waals surface area (Å²) in [7, 11) is 0. The molecule has 0 radical (unpaired) electrons. The molecule has 0 heteroatoms.